The van der Waals surface area contributed by atoms with E-state index in [1.807, 2.05) is 0 Å². The van der Waals surface area contributed by atoms with Gasteiger partial charge in [-0.1, -0.05) is 19.3 Å². The van der Waals surface area contributed by atoms with E-state index in [1.165, 1.54) is 31.7 Å². The smallest absolute Gasteiger partial charge is 0.224 e. The lowest BCUT2D eigenvalue weighted by Crippen LogP contribution is -2.36. The minimum Gasteiger partial charge on any atom is -0.494 e. The van der Waals surface area contributed by atoms with E-state index >= 15 is 0 Å². The van der Waals surface area contributed by atoms with Crippen LogP contribution < -0.4 is 15.8 Å². The Bertz CT molecular complexity index is 499. The predicted molar refractivity (Wildman–Crippen MR) is 80.8 cm³/mol. The third-order valence-corrected chi connectivity index (χ3v) is 4.32. The van der Waals surface area contributed by atoms with Crippen LogP contribution in [0.3, 0.4) is 0 Å². The normalized spacial score (nSPS) is 17.3. The molecule has 0 aromatic heterocycles. The molecule has 0 atom stereocenters. The van der Waals surface area contributed by atoms with Crippen molar-refractivity contribution in [1.82, 2.24) is 0 Å². The quantitative estimate of drug-likeness (QED) is 0.877. The first-order valence-corrected chi connectivity index (χ1v) is 7.42. The molecule has 1 saturated carbocycles. The van der Waals surface area contributed by atoms with Crippen molar-refractivity contribution in [3.05, 3.63) is 24.0 Å². The van der Waals surface area contributed by atoms with Crippen LogP contribution in [0.2, 0.25) is 0 Å². The van der Waals surface area contributed by atoms with E-state index in [4.69, 9.17) is 10.5 Å². The van der Waals surface area contributed by atoms with E-state index in [1.54, 1.807) is 0 Å². The van der Waals surface area contributed by atoms with Crippen molar-refractivity contribution >= 4 is 11.6 Å². The summed E-state index contributed by atoms with van der Waals surface area (Å²) in [6, 6.07) is 4.31. The van der Waals surface area contributed by atoms with E-state index in [0.717, 1.165) is 25.7 Å². The van der Waals surface area contributed by atoms with Gasteiger partial charge in [-0.15, -0.1) is 0 Å². The fraction of sp³-hybridized carbons (Fsp3) is 0.562. The Morgan fingerprint density at radius 3 is 2.71 bits per heavy atom. The van der Waals surface area contributed by atoms with Gasteiger partial charge in [0.15, 0.2) is 11.6 Å². The van der Waals surface area contributed by atoms with Crippen LogP contribution in [0.4, 0.5) is 10.1 Å². The third-order valence-electron chi connectivity index (χ3n) is 4.32. The summed E-state index contributed by atoms with van der Waals surface area (Å²) in [6.07, 6.45) is 5.92. The van der Waals surface area contributed by atoms with Gasteiger partial charge < -0.3 is 15.8 Å². The van der Waals surface area contributed by atoms with Gasteiger partial charge in [0, 0.05) is 18.2 Å². The Hall–Kier alpha value is -1.62. The minimum absolute atomic E-state index is 0.0731. The number of anilines is 1. The van der Waals surface area contributed by atoms with Gasteiger partial charge in [0.1, 0.15) is 0 Å². The first-order chi connectivity index (χ1) is 10.1. The van der Waals surface area contributed by atoms with Gasteiger partial charge in [-0.05, 0) is 36.9 Å². The molecule has 1 aliphatic rings. The number of nitrogens with one attached hydrogen (secondary N) is 1. The van der Waals surface area contributed by atoms with Crippen LogP contribution in [-0.2, 0) is 4.79 Å². The summed E-state index contributed by atoms with van der Waals surface area (Å²) >= 11 is 0. The highest BCUT2D eigenvalue weighted by molar-refractivity contribution is 5.91. The zero-order chi connectivity index (χ0) is 15.3. The van der Waals surface area contributed by atoms with Crippen molar-refractivity contribution < 1.29 is 13.9 Å². The van der Waals surface area contributed by atoms with Crippen LogP contribution in [0, 0.1) is 11.2 Å². The summed E-state index contributed by atoms with van der Waals surface area (Å²) in [4.78, 5) is 12.2. The number of hydrogen-bond donors (Lipinski definition) is 2. The second-order valence-corrected chi connectivity index (χ2v) is 5.84. The van der Waals surface area contributed by atoms with E-state index in [9.17, 15) is 9.18 Å². The standard InChI is InChI=1S/C16H23FN2O2/c1-21-14-9-12(5-6-13(14)17)19-15(20)10-16(11-18)7-3-2-4-8-16/h5-6,9H,2-4,7-8,10-11,18H2,1H3,(H,19,20). The van der Waals surface area contributed by atoms with Crippen molar-refractivity contribution in [1.29, 1.82) is 0 Å². The molecule has 21 heavy (non-hydrogen) atoms. The number of carbonyl (C=O) groups excluding carboxylic acids is 1. The molecule has 116 valence electrons. The number of benzene rings is 1. The van der Waals surface area contributed by atoms with Crippen molar-refractivity contribution in [3.8, 4) is 5.75 Å². The molecular formula is C16H23FN2O2. The Morgan fingerprint density at radius 1 is 1.38 bits per heavy atom. The second-order valence-electron chi connectivity index (χ2n) is 5.84. The molecule has 5 heteroatoms. The second kappa shape index (κ2) is 6.89. The van der Waals surface area contributed by atoms with Crippen LogP contribution in [0.1, 0.15) is 38.5 Å². The highest BCUT2D eigenvalue weighted by Crippen LogP contribution is 2.38. The molecule has 1 fully saturated rings. The van der Waals surface area contributed by atoms with Gasteiger partial charge in [0.25, 0.3) is 0 Å². The number of amides is 1. The van der Waals surface area contributed by atoms with Crippen LogP contribution >= 0.6 is 0 Å². The summed E-state index contributed by atoms with van der Waals surface area (Å²) in [7, 11) is 1.40. The Balaban J connectivity index is 2.00. The van der Waals surface area contributed by atoms with E-state index in [0.29, 0.717) is 18.7 Å². The lowest BCUT2D eigenvalue weighted by molar-refractivity contribution is -0.118. The number of carbonyl (C=O) groups is 1. The topological polar surface area (TPSA) is 64.3 Å². The molecule has 0 heterocycles. The summed E-state index contributed by atoms with van der Waals surface area (Å²) < 4.78 is 18.3. The Kier molecular flexibility index (Phi) is 5.17. The molecule has 0 unspecified atom stereocenters. The molecule has 3 N–H and O–H groups in total. The zero-order valence-electron chi connectivity index (χ0n) is 12.5. The largest absolute Gasteiger partial charge is 0.494 e. The molecule has 1 aromatic rings. The molecule has 2 rings (SSSR count). The molecule has 0 radical (unpaired) electrons. The number of ether oxygens (including phenoxy) is 1. The third kappa shape index (κ3) is 3.94. The highest BCUT2D eigenvalue weighted by atomic mass is 19.1. The maximum absolute atomic E-state index is 13.3. The van der Waals surface area contributed by atoms with Crippen molar-refractivity contribution in [2.24, 2.45) is 11.1 Å². The van der Waals surface area contributed by atoms with Crippen molar-refractivity contribution in [2.75, 3.05) is 19.0 Å². The van der Waals surface area contributed by atoms with Crippen LogP contribution in [0.5, 0.6) is 5.75 Å². The molecular weight excluding hydrogens is 271 g/mol. The Labute approximate surface area is 124 Å². The number of rotatable bonds is 5. The number of nitrogens with two attached hydrogens (primary N) is 1. The molecule has 0 aliphatic heterocycles. The predicted octanol–water partition coefficient (Wildman–Crippen LogP) is 3.07. The van der Waals surface area contributed by atoms with Crippen LogP contribution in [0.25, 0.3) is 0 Å². The van der Waals surface area contributed by atoms with Crippen LogP contribution in [-0.4, -0.2) is 19.6 Å². The molecule has 4 nitrogen and oxygen atoms in total. The SMILES string of the molecule is COc1cc(NC(=O)CC2(CN)CCCCC2)ccc1F. The summed E-state index contributed by atoms with van der Waals surface area (Å²) in [5, 5.41) is 2.81. The average molecular weight is 294 g/mol. The first-order valence-electron chi connectivity index (χ1n) is 7.42. The molecule has 1 amide bonds. The fourth-order valence-corrected chi connectivity index (χ4v) is 3.04. The number of hydrogen-bond acceptors (Lipinski definition) is 3. The zero-order valence-corrected chi connectivity index (χ0v) is 12.5. The average Bonchev–Trinajstić information content (AvgIpc) is 2.50. The van der Waals surface area contributed by atoms with Crippen molar-refractivity contribution in [2.45, 2.75) is 38.5 Å². The fourth-order valence-electron chi connectivity index (χ4n) is 3.04. The monoisotopic (exact) mass is 294 g/mol. The number of halogens is 1. The van der Waals surface area contributed by atoms with Gasteiger partial charge in [-0.3, -0.25) is 4.79 Å². The summed E-state index contributed by atoms with van der Waals surface area (Å²) in [5.74, 6) is -0.392. The van der Waals surface area contributed by atoms with Crippen molar-refractivity contribution in [3.63, 3.8) is 0 Å². The molecule has 0 saturated heterocycles. The number of methoxy groups -OCH3 is 1. The molecule has 0 spiro atoms. The maximum atomic E-state index is 13.3. The van der Waals surface area contributed by atoms with E-state index in [2.05, 4.69) is 5.32 Å². The van der Waals surface area contributed by atoms with E-state index < -0.39 is 5.82 Å². The van der Waals surface area contributed by atoms with Gasteiger partial charge >= 0.3 is 0 Å². The lowest BCUT2D eigenvalue weighted by atomic mass is 9.71. The summed E-state index contributed by atoms with van der Waals surface area (Å²) in [6.45, 7) is 0.535. The molecule has 1 aromatic carbocycles. The Morgan fingerprint density at radius 2 is 2.10 bits per heavy atom. The molecule has 0 bridgehead atoms. The maximum Gasteiger partial charge on any atom is 0.224 e. The van der Waals surface area contributed by atoms with Crippen LogP contribution in [0.15, 0.2) is 18.2 Å². The van der Waals surface area contributed by atoms with Gasteiger partial charge in [-0.25, -0.2) is 4.39 Å². The summed E-state index contributed by atoms with van der Waals surface area (Å²) in [5.41, 5.74) is 6.36. The first kappa shape index (κ1) is 15.8. The van der Waals surface area contributed by atoms with Gasteiger partial charge in [-0.2, -0.15) is 0 Å². The minimum atomic E-state index is -0.443. The van der Waals surface area contributed by atoms with E-state index in [-0.39, 0.29) is 17.1 Å². The highest BCUT2D eigenvalue weighted by Gasteiger charge is 2.32. The lowest BCUT2D eigenvalue weighted by Gasteiger charge is -2.35. The molecule has 1 aliphatic carbocycles. The van der Waals surface area contributed by atoms with Gasteiger partial charge in [0.2, 0.25) is 5.91 Å². The van der Waals surface area contributed by atoms with Gasteiger partial charge in [0.05, 0.1) is 7.11 Å².